The smallest absolute Gasteiger partial charge is 0.336 e. The molecule has 0 aliphatic heterocycles. The molecule has 0 fully saturated rings. The Labute approximate surface area is 79.8 Å². The molecule has 4 heteroatoms. The minimum Gasteiger partial charge on any atom is -0.478 e. The summed E-state index contributed by atoms with van der Waals surface area (Å²) < 4.78 is 0. The molecule has 0 saturated carbocycles. The number of hydrogen-bond acceptors (Lipinski definition) is 2. The largest absolute Gasteiger partial charge is 0.478 e. The summed E-state index contributed by atoms with van der Waals surface area (Å²) in [5.41, 5.74) is 1.60. The molecular formula is C10H9NO3. The lowest BCUT2D eigenvalue weighted by atomic mass is 10.1. The standard InChI is InChI=1S/C10H9NO3/c12-5-6-4-8-7(10(13)14)2-1-3-9(8)11-6/h1-4,11-12H,5H2,(H,13,14). The van der Waals surface area contributed by atoms with Gasteiger partial charge >= 0.3 is 5.97 Å². The van der Waals surface area contributed by atoms with Gasteiger partial charge in [0, 0.05) is 16.6 Å². The van der Waals surface area contributed by atoms with E-state index in [4.69, 9.17) is 10.2 Å². The quantitative estimate of drug-likeness (QED) is 0.671. The monoisotopic (exact) mass is 191 g/mol. The van der Waals surface area contributed by atoms with Crippen LogP contribution in [0.3, 0.4) is 0 Å². The van der Waals surface area contributed by atoms with Crippen LogP contribution in [-0.4, -0.2) is 21.2 Å². The van der Waals surface area contributed by atoms with Crippen molar-refractivity contribution in [1.82, 2.24) is 4.98 Å². The molecule has 0 amide bonds. The fourth-order valence-corrected chi connectivity index (χ4v) is 1.48. The van der Waals surface area contributed by atoms with E-state index in [1.807, 2.05) is 0 Å². The molecule has 0 radical (unpaired) electrons. The zero-order chi connectivity index (χ0) is 10.1. The minimum atomic E-state index is -0.959. The van der Waals surface area contributed by atoms with E-state index in [-0.39, 0.29) is 12.2 Å². The van der Waals surface area contributed by atoms with Crippen LogP contribution in [0.25, 0.3) is 10.9 Å². The summed E-state index contributed by atoms with van der Waals surface area (Å²) >= 11 is 0. The predicted molar refractivity (Wildman–Crippen MR) is 51.2 cm³/mol. The first kappa shape index (κ1) is 8.77. The van der Waals surface area contributed by atoms with Crippen molar-refractivity contribution >= 4 is 16.9 Å². The molecule has 4 nitrogen and oxygen atoms in total. The molecule has 1 aromatic heterocycles. The third kappa shape index (κ3) is 1.25. The summed E-state index contributed by atoms with van der Waals surface area (Å²) in [7, 11) is 0. The van der Waals surface area contributed by atoms with Crippen LogP contribution >= 0.6 is 0 Å². The maximum atomic E-state index is 10.8. The Hall–Kier alpha value is -1.81. The van der Waals surface area contributed by atoms with Crippen LogP contribution in [0.15, 0.2) is 24.3 Å². The molecular weight excluding hydrogens is 182 g/mol. The Kier molecular flexibility index (Phi) is 1.98. The highest BCUT2D eigenvalue weighted by Gasteiger charge is 2.09. The van der Waals surface area contributed by atoms with Crippen LogP contribution in [0.5, 0.6) is 0 Å². The van der Waals surface area contributed by atoms with Gasteiger partial charge in [-0.15, -0.1) is 0 Å². The van der Waals surface area contributed by atoms with Gasteiger partial charge in [0.25, 0.3) is 0 Å². The number of aromatic nitrogens is 1. The zero-order valence-corrected chi connectivity index (χ0v) is 7.32. The summed E-state index contributed by atoms with van der Waals surface area (Å²) in [4.78, 5) is 13.8. The van der Waals surface area contributed by atoms with Crippen LogP contribution < -0.4 is 0 Å². The molecule has 0 unspecified atom stereocenters. The third-order valence-corrected chi connectivity index (χ3v) is 2.12. The maximum absolute atomic E-state index is 10.8. The number of benzene rings is 1. The van der Waals surface area contributed by atoms with Crippen molar-refractivity contribution in [2.24, 2.45) is 0 Å². The first-order chi connectivity index (χ1) is 6.72. The van der Waals surface area contributed by atoms with Gasteiger partial charge in [-0.25, -0.2) is 4.79 Å². The fourth-order valence-electron chi connectivity index (χ4n) is 1.48. The van der Waals surface area contributed by atoms with Crippen molar-refractivity contribution < 1.29 is 15.0 Å². The molecule has 0 bridgehead atoms. The summed E-state index contributed by atoms with van der Waals surface area (Å²) in [6.45, 7) is -0.117. The van der Waals surface area contributed by atoms with Crippen molar-refractivity contribution in [1.29, 1.82) is 0 Å². The predicted octanol–water partition coefficient (Wildman–Crippen LogP) is 1.36. The topological polar surface area (TPSA) is 73.3 Å². The van der Waals surface area contributed by atoms with Gasteiger partial charge in [0.05, 0.1) is 12.2 Å². The molecule has 0 spiro atoms. The fraction of sp³-hybridized carbons (Fsp3) is 0.100. The van der Waals surface area contributed by atoms with Crippen molar-refractivity contribution in [2.75, 3.05) is 0 Å². The van der Waals surface area contributed by atoms with Crippen molar-refractivity contribution in [3.63, 3.8) is 0 Å². The maximum Gasteiger partial charge on any atom is 0.336 e. The van der Waals surface area contributed by atoms with Crippen LogP contribution in [-0.2, 0) is 6.61 Å². The van der Waals surface area contributed by atoms with Gasteiger partial charge in [-0.3, -0.25) is 0 Å². The molecule has 0 aliphatic carbocycles. The van der Waals surface area contributed by atoms with Gasteiger partial charge in [0.1, 0.15) is 0 Å². The summed E-state index contributed by atoms with van der Waals surface area (Å²) in [5, 5.41) is 18.4. The average Bonchev–Trinajstić information content (AvgIpc) is 2.59. The van der Waals surface area contributed by atoms with E-state index in [0.717, 1.165) is 5.52 Å². The number of fused-ring (bicyclic) bond motifs is 1. The highest BCUT2D eigenvalue weighted by molar-refractivity contribution is 6.03. The number of carbonyl (C=O) groups is 1. The number of H-pyrrole nitrogens is 1. The number of rotatable bonds is 2. The third-order valence-electron chi connectivity index (χ3n) is 2.12. The molecule has 2 aromatic rings. The number of carboxylic acid groups (broad SMARTS) is 1. The average molecular weight is 191 g/mol. The van der Waals surface area contributed by atoms with Crippen molar-refractivity contribution in [3.8, 4) is 0 Å². The molecule has 0 saturated heterocycles. The first-order valence-electron chi connectivity index (χ1n) is 4.17. The lowest BCUT2D eigenvalue weighted by Gasteiger charge is -1.94. The van der Waals surface area contributed by atoms with Crippen LogP contribution in [0.4, 0.5) is 0 Å². The Bertz CT molecular complexity index is 487. The van der Waals surface area contributed by atoms with Crippen LogP contribution in [0.1, 0.15) is 16.1 Å². The molecule has 3 N–H and O–H groups in total. The molecule has 2 rings (SSSR count). The Morgan fingerprint density at radius 3 is 2.86 bits per heavy atom. The Balaban J connectivity index is 2.73. The number of aromatic carboxylic acids is 1. The second-order valence-electron chi connectivity index (χ2n) is 3.02. The second kappa shape index (κ2) is 3.16. The first-order valence-corrected chi connectivity index (χ1v) is 4.17. The van der Waals surface area contributed by atoms with Gasteiger partial charge in [0.2, 0.25) is 0 Å². The highest BCUT2D eigenvalue weighted by Crippen LogP contribution is 2.19. The minimum absolute atomic E-state index is 0.117. The van der Waals surface area contributed by atoms with Gasteiger partial charge in [-0.2, -0.15) is 0 Å². The number of carboxylic acids is 1. The normalized spacial score (nSPS) is 10.6. The zero-order valence-electron chi connectivity index (χ0n) is 7.32. The van der Waals surface area contributed by atoms with E-state index in [1.54, 1.807) is 24.3 Å². The van der Waals surface area contributed by atoms with Gasteiger partial charge < -0.3 is 15.2 Å². The molecule has 1 heterocycles. The van der Waals surface area contributed by atoms with E-state index in [0.29, 0.717) is 11.1 Å². The lowest BCUT2D eigenvalue weighted by Crippen LogP contribution is -1.95. The number of aliphatic hydroxyl groups excluding tert-OH is 1. The number of nitrogens with one attached hydrogen (secondary N) is 1. The molecule has 0 atom stereocenters. The number of aliphatic hydroxyl groups is 1. The summed E-state index contributed by atoms with van der Waals surface area (Å²) in [6.07, 6.45) is 0. The van der Waals surface area contributed by atoms with Gasteiger partial charge in [-0.1, -0.05) is 6.07 Å². The van der Waals surface area contributed by atoms with E-state index in [1.165, 1.54) is 0 Å². The van der Waals surface area contributed by atoms with Gasteiger partial charge in [0.15, 0.2) is 0 Å². The van der Waals surface area contributed by atoms with Crippen LogP contribution in [0.2, 0.25) is 0 Å². The molecule has 14 heavy (non-hydrogen) atoms. The van der Waals surface area contributed by atoms with Crippen molar-refractivity contribution in [3.05, 3.63) is 35.5 Å². The Morgan fingerprint density at radius 2 is 2.21 bits per heavy atom. The van der Waals surface area contributed by atoms with E-state index >= 15 is 0 Å². The number of hydrogen-bond donors (Lipinski definition) is 3. The van der Waals surface area contributed by atoms with E-state index < -0.39 is 5.97 Å². The highest BCUT2D eigenvalue weighted by atomic mass is 16.4. The summed E-state index contributed by atoms with van der Waals surface area (Å²) in [6, 6.07) is 6.64. The molecule has 0 aliphatic rings. The molecule has 1 aromatic carbocycles. The van der Waals surface area contributed by atoms with E-state index in [2.05, 4.69) is 4.98 Å². The van der Waals surface area contributed by atoms with E-state index in [9.17, 15) is 4.79 Å². The van der Waals surface area contributed by atoms with Crippen LogP contribution in [0, 0.1) is 0 Å². The SMILES string of the molecule is O=C(O)c1cccc2[nH]c(CO)cc12. The Morgan fingerprint density at radius 1 is 1.43 bits per heavy atom. The number of aromatic amines is 1. The second-order valence-corrected chi connectivity index (χ2v) is 3.02. The lowest BCUT2D eigenvalue weighted by molar-refractivity contribution is 0.0699. The van der Waals surface area contributed by atoms with Gasteiger partial charge in [-0.05, 0) is 18.2 Å². The molecule has 72 valence electrons. The van der Waals surface area contributed by atoms with Crippen molar-refractivity contribution in [2.45, 2.75) is 6.61 Å². The summed E-state index contributed by atoms with van der Waals surface area (Å²) in [5.74, 6) is -0.959.